The Morgan fingerprint density at radius 3 is 2.34 bits per heavy atom. The number of nitrogens with zero attached hydrogens (tertiary/aromatic N) is 2. The van der Waals surface area contributed by atoms with Gasteiger partial charge in [-0.3, -0.25) is 9.89 Å². The van der Waals surface area contributed by atoms with Crippen molar-refractivity contribution in [2.24, 2.45) is 5.10 Å². The summed E-state index contributed by atoms with van der Waals surface area (Å²) in [4.78, 5) is 12.5. The molecular formula is C24H22N4O4. The molecule has 3 aromatic carbocycles. The fourth-order valence-corrected chi connectivity index (χ4v) is 3.31. The molecule has 0 spiro atoms. The lowest BCUT2D eigenvalue weighted by atomic mass is 10.1. The van der Waals surface area contributed by atoms with E-state index in [9.17, 15) is 4.79 Å². The number of hydrogen-bond donors (Lipinski definition) is 2. The van der Waals surface area contributed by atoms with Crippen molar-refractivity contribution in [3.8, 4) is 28.5 Å². The number of aromatic amines is 1. The van der Waals surface area contributed by atoms with Crippen molar-refractivity contribution >= 4 is 22.9 Å². The van der Waals surface area contributed by atoms with Crippen molar-refractivity contribution in [2.75, 3.05) is 21.3 Å². The summed E-state index contributed by atoms with van der Waals surface area (Å²) in [5.74, 6) is 1.16. The van der Waals surface area contributed by atoms with Crippen molar-refractivity contribution in [3.05, 3.63) is 71.9 Å². The molecule has 162 valence electrons. The third kappa shape index (κ3) is 4.24. The van der Waals surface area contributed by atoms with Gasteiger partial charge in [-0.2, -0.15) is 10.2 Å². The van der Waals surface area contributed by atoms with Gasteiger partial charge in [-0.15, -0.1) is 0 Å². The summed E-state index contributed by atoms with van der Waals surface area (Å²) >= 11 is 0. The third-order valence-electron chi connectivity index (χ3n) is 4.98. The van der Waals surface area contributed by atoms with Crippen molar-refractivity contribution in [1.82, 2.24) is 15.6 Å². The quantitative estimate of drug-likeness (QED) is 0.341. The second kappa shape index (κ2) is 9.22. The van der Waals surface area contributed by atoms with E-state index < -0.39 is 5.91 Å². The summed E-state index contributed by atoms with van der Waals surface area (Å²) in [6.45, 7) is 0. The Kier molecular flexibility index (Phi) is 6.03. The highest BCUT2D eigenvalue weighted by Crippen LogP contribution is 2.32. The smallest absolute Gasteiger partial charge is 0.289 e. The molecule has 8 heteroatoms. The minimum absolute atomic E-state index is 0.291. The average molecular weight is 430 g/mol. The van der Waals surface area contributed by atoms with Gasteiger partial charge in [0.2, 0.25) is 0 Å². The van der Waals surface area contributed by atoms with E-state index in [2.05, 4.69) is 20.7 Å². The highest BCUT2D eigenvalue weighted by Gasteiger charge is 2.13. The first kappa shape index (κ1) is 20.9. The molecule has 1 heterocycles. The molecule has 0 aliphatic rings. The van der Waals surface area contributed by atoms with E-state index in [0.29, 0.717) is 34.2 Å². The fraction of sp³-hybridized carbons (Fsp3) is 0.125. The zero-order valence-corrected chi connectivity index (χ0v) is 17.9. The zero-order chi connectivity index (χ0) is 22.5. The first-order valence-electron chi connectivity index (χ1n) is 9.81. The molecule has 0 unspecified atom stereocenters. The van der Waals surface area contributed by atoms with Gasteiger partial charge in [-0.25, -0.2) is 5.43 Å². The first-order valence-corrected chi connectivity index (χ1v) is 9.81. The van der Waals surface area contributed by atoms with Crippen molar-refractivity contribution in [3.63, 3.8) is 0 Å². The minimum atomic E-state index is -0.424. The third-order valence-corrected chi connectivity index (χ3v) is 4.98. The molecule has 1 aromatic heterocycles. The number of amides is 1. The molecule has 4 aromatic rings. The highest BCUT2D eigenvalue weighted by molar-refractivity contribution is 5.95. The standard InChI is InChI=1S/C24H22N4O4/c1-30-18-11-22(31-2)19(23(12-18)32-3)14-25-28-24(29)21-13-20(26-27-21)17-9-8-15-6-4-5-7-16(15)10-17/h4-14H,1-3H3,(H,26,27)(H,28,29)/b25-14-. The molecule has 0 fully saturated rings. The van der Waals surface area contributed by atoms with Gasteiger partial charge in [0.1, 0.15) is 22.9 Å². The van der Waals surface area contributed by atoms with E-state index in [1.165, 1.54) is 20.4 Å². The summed E-state index contributed by atoms with van der Waals surface area (Å²) in [7, 11) is 4.62. The number of hydrogen-bond acceptors (Lipinski definition) is 6. The molecule has 0 radical (unpaired) electrons. The second-order valence-corrected chi connectivity index (χ2v) is 6.87. The van der Waals surface area contributed by atoms with Crippen LogP contribution in [0.3, 0.4) is 0 Å². The Bertz CT molecular complexity index is 1270. The molecule has 0 saturated heterocycles. The van der Waals surface area contributed by atoms with Crippen molar-refractivity contribution in [1.29, 1.82) is 0 Å². The Morgan fingerprint density at radius 2 is 1.66 bits per heavy atom. The summed E-state index contributed by atoms with van der Waals surface area (Å²) in [5.41, 5.74) is 4.93. The van der Waals surface area contributed by atoms with Gasteiger partial charge in [0.25, 0.3) is 5.91 Å². The molecule has 32 heavy (non-hydrogen) atoms. The van der Waals surface area contributed by atoms with Gasteiger partial charge in [0, 0.05) is 17.7 Å². The fourth-order valence-electron chi connectivity index (χ4n) is 3.31. The first-order chi connectivity index (χ1) is 15.6. The minimum Gasteiger partial charge on any atom is -0.496 e. The van der Waals surface area contributed by atoms with Crippen LogP contribution in [-0.2, 0) is 0 Å². The van der Waals surface area contributed by atoms with Crippen molar-refractivity contribution in [2.45, 2.75) is 0 Å². The van der Waals surface area contributed by atoms with Crippen LogP contribution in [0.4, 0.5) is 0 Å². The molecule has 0 aliphatic heterocycles. The lowest BCUT2D eigenvalue weighted by Gasteiger charge is -2.12. The predicted octanol–water partition coefficient (Wildman–Crippen LogP) is 4.02. The topological polar surface area (TPSA) is 97.8 Å². The monoisotopic (exact) mass is 430 g/mol. The average Bonchev–Trinajstić information content (AvgIpc) is 3.34. The van der Waals surface area contributed by atoms with Crippen molar-refractivity contribution < 1.29 is 19.0 Å². The van der Waals surface area contributed by atoms with Crippen LogP contribution in [0, 0.1) is 0 Å². The number of rotatable bonds is 7. The van der Waals surface area contributed by atoms with Gasteiger partial charge in [0.15, 0.2) is 0 Å². The molecule has 1 amide bonds. The van der Waals surface area contributed by atoms with Crippen LogP contribution in [0.1, 0.15) is 16.1 Å². The van der Waals surface area contributed by atoms with Crippen LogP contribution in [0.5, 0.6) is 17.2 Å². The molecular weight excluding hydrogens is 408 g/mol. The molecule has 0 atom stereocenters. The van der Waals surface area contributed by atoms with E-state index in [-0.39, 0.29) is 0 Å². The van der Waals surface area contributed by atoms with Gasteiger partial charge >= 0.3 is 0 Å². The molecule has 0 saturated carbocycles. The molecule has 0 bridgehead atoms. The Labute approximate surface area is 184 Å². The number of aromatic nitrogens is 2. The number of carbonyl (C=O) groups is 1. The Hall–Kier alpha value is -4.33. The van der Waals surface area contributed by atoms with Crippen LogP contribution in [0.2, 0.25) is 0 Å². The molecule has 2 N–H and O–H groups in total. The van der Waals surface area contributed by atoms with Crippen LogP contribution in [0.15, 0.2) is 65.8 Å². The number of hydrazone groups is 1. The van der Waals surface area contributed by atoms with Crippen LogP contribution < -0.4 is 19.6 Å². The van der Waals surface area contributed by atoms with Crippen LogP contribution >= 0.6 is 0 Å². The maximum Gasteiger partial charge on any atom is 0.289 e. The van der Waals surface area contributed by atoms with Gasteiger partial charge in [-0.1, -0.05) is 36.4 Å². The number of benzene rings is 3. The number of fused-ring (bicyclic) bond motifs is 1. The lowest BCUT2D eigenvalue weighted by Crippen LogP contribution is -2.18. The number of nitrogens with one attached hydrogen (secondary N) is 2. The number of carbonyl (C=O) groups excluding carboxylic acids is 1. The van der Waals surface area contributed by atoms with Crippen LogP contribution in [-0.4, -0.2) is 43.6 Å². The van der Waals surface area contributed by atoms with E-state index >= 15 is 0 Å². The summed E-state index contributed by atoms with van der Waals surface area (Å²) < 4.78 is 16.0. The van der Waals surface area contributed by atoms with E-state index in [4.69, 9.17) is 14.2 Å². The Morgan fingerprint density at radius 1 is 0.938 bits per heavy atom. The highest BCUT2D eigenvalue weighted by atomic mass is 16.5. The lowest BCUT2D eigenvalue weighted by molar-refractivity contribution is 0.0950. The summed E-state index contributed by atoms with van der Waals surface area (Å²) in [5, 5.41) is 13.3. The normalized spacial score (nSPS) is 11.0. The van der Waals surface area contributed by atoms with Gasteiger partial charge in [0.05, 0.1) is 38.8 Å². The number of methoxy groups -OCH3 is 3. The SMILES string of the molecule is COc1cc(OC)c(/C=N\NC(=O)c2cc(-c3ccc4ccccc4c3)n[nH]2)c(OC)c1. The maximum absolute atomic E-state index is 12.5. The van der Waals surface area contributed by atoms with Gasteiger partial charge in [-0.05, 0) is 22.9 Å². The van der Waals surface area contributed by atoms with E-state index in [1.54, 1.807) is 25.3 Å². The summed E-state index contributed by atoms with van der Waals surface area (Å²) in [6, 6.07) is 19.2. The Balaban J connectivity index is 1.51. The molecule has 0 aliphatic carbocycles. The number of ether oxygens (including phenoxy) is 3. The largest absolute Gasteiger partial charge is 0.496 e. The molecule has 4 rings (SSSR count). The second-order valence-electron chi connectivity index (χ2n) is 6.87. The van der Waals surface area contributed by atoms with E-state index in [1.807, 2.05) is 42.5 Å². The maximum atomic E-state index is 12.5. The zero-order valence-electron chi connectivity index (χ0n) is 17.9. The van der Waals surface area contributed by atoms with Gasteiger partial charge < -0.3 is 14.2 Å². The number of H-pyrrole nitrogens is 1. The molecule has 8 nitrogen and oxygen atoms in total. The van der Waals surface area contributed by atoms with Crippen LogP contribution in [0.25, 0.3) is 22.0 Å². The van der Waals surface area contributed by atoms with E-state index in [0.717, 1.165) is 16.3 Å². The summed E-state index contributed by atoms with van der Waals surface area (Å²) in [6.07, 6.45) is 1.45. The predicted molar refractivity (Wildman–Crippen MR) is 123 cm³/mol.